The molecule has 1 aromatic carbocycles. The minimum Gasteiger partial charge on any atom is -0.480 e. The van der Waals surface area contributed by atoms with Crippen molar-refractivity contribution in [2.24, 2.45) is 0 Å². The van der Waals surface area contributed by atoms with E-state index in [2.05, 4.69) is 18.7 Å². The van der Waals surface area contributed by atoms with Gasteiger partial charge >= 0.3 is 5.97 Å². The summed E-state index contributed by atoms with van der Waals surface area (Å²) < 4.78 is 22.7. The molecule has 0 spiro atoms. The Kier molecular flexibility index (Phi) is 10.0. The number of sulfone groups is 1. The molecule has 8 heteroatoms. The maximum atomic E-state index is 11.3. The predicted molar refractivity (Wildman–Crippen MR) is 86.0 cm³/mol. The van der Waals surface area contributed by atoms with Gasteiger partial charge in [-0.3, -0.25) is 4.79 Å². The molecule has 0 heterocycles. The Morgan fingerprint density at radius 1 is 1.18 bits per heavy atom. The zero-order valence-corrected chi connectivity index (χ0v) is 14.3. The van der Waals surface area contributed by atoms with Crippen LogP contribution >= 0.6 is 11.6 Å². The SMILES string of the molecule is CCN(CC)CCO.O=C(O)CS(=O)(=O)c1ccc(Cl)cc1. The van der Waals surface area contributed by atoms with Crippen molar-refractivity contribution in [2.45, 2.75) is 18.7 Å². The van der Waals surface area contributed by atoms with Crippen molar-refractivity contribution in [3.8, 4) is 0 Å². The minimum atomic E-state index is -3.73. The summed E-state index contributed by atoms with van der Waals surface area (Å²) in [6, 6.07) is 5.35. The Labute approximate surface area is 136 Å². The molecule has 0 aliphatic rings. The number of carbonyl (C=O) groups is 1. The van der Waals surface area contributed by atoms with Gasteiger partial charge in [0, 0.05) is 11.6 Å². The van der Waals surface area contributed by atoms with E-state index >= 15 is 0 Å². The van der Waals surface area contributed by atoms with E-state index in [-0.39, 0.29) is 11.5 Å². The normalized spacial score (nSPS) is 11.0. The van der Waals surface area contributed by atoms with E-state index < -0.39 is 21.6 Å². The van der Waals surface area contributed by atoms with E-state index in [0.717, 1.165) is 19.6 Å². The highest BCUT2D eigenvalue weighted by molar-refractivity contribution is 7.92. The molecule has 2 N–H and O–H groups in total. The third-order valence-corrected chi connectivity index (χ3v) is 4.67. The molecular weight excluding hydrogens is 330 g/mol. The van der Waals surface area contributed by atoms with E-state index in [4.69, 9.17) is 21.8 Å². The van der Waals surface area contributed by atoms with Crippen LogP contribution in [0.1, 0.15) is 13.8 Å². The van der Waals surface area contributed by atoms with Crippen LogP contribution in [0.5, 0.6) is 0 Å². The third-order valence-electron chi connectivity index (χ3n) is 2.80. The molecule has 6 nitrogen and oxygen atoms in total. The summed E-state index contributed by atoms with van der Waals surface area (Å²) in [5.74, 6) is -2.28. The summed E-state index contributed by atoms with van der Waals surface area (Å²) in [7, 11) is -3.73. The predicted octanol–water partition coefficient (Wildman–Crippen LogP) is 1.52. The van der Waals surface area contributed by atoms with Crippen LogP contribution in [0.25, 0.3) is 0 Å². The first-order valence-corrected chi connectivity index (χ1v) is 8.83. The Balaban J connectivity index is 0.000000472. The molecule has 0 amide bonds. The van der Waals surface area contributed by atoms with Crippen molar-refractivity contribution in [1.82, 2.24) is 4.90 Å². The highest BCUT2D eigenvalue weighted by Crippen LogP contribution is 2.15. The van der Waals surface area contributed by atoms with E-state index in [1.807, 2.05) is 0 Å². The molecule has 1 aromatic rings. The highest BCUT2D eigenvalue weighted by atomic mass is 35.5. The Morgan fingerprint density at radius 2 is 1.68 bits per heavy atom. The number of hydrogen-bond donors (Lipinski definition) is 2. The van der Waals surface area contributed by atoms with Crippen molar-refractivity contribution < 1.29 is 23.4 Å². The van der Waals surface area contributed by atoms with Gasteiger partial charge in [-0.05, 0) is 37.4 Å². The van der Waals surface area contributed by atoms with Crippen LogP contribution < -0.4 is 0 Å². The second kappa shape index (κ2) is 10.6. The molecule has 126 valence electrons. The number of hydrogen-bond acceptors (Lipinski definition) is 5. The number of likely N-dealkylation sites (N-methyl/N-ethyl adjacent to an activating group) is 1. The molecule has 0 aliphatic heterocycles. The van der Waals surface area contributed by atoms with Crippen LogP contribution in [0.2, 0.25) is 5.02 Å². The van der Waals surface area contributed by atoms with Gasteiger partial charge in [-0.25, -0.2) is 8.42 Å². The maximum Gasteiger partial charge on any atom is 0.319 e. The summed E-state index contributed by atoms with van der Waals surface area (Å²) in [6.45, 7) is 7.36. The lowest BCUT2D eigenvalue weighted by Gasteiger charge is -2.15. The van der Waals surface area contributed by atoms with Gasteiger partial charge in [0.2, 0.25) is 0 Å². The average molecular weight is 352 g/mol. The number of aliphatic hydroxyl groups excluding tert-OH is 1. The molecule has 0 saturated carbocycles. The quantitative estimate of drug-likeness (QED) is 0.773. The van der Waals surface area contributed by atoms with Crippen LogP contribution in [0, 0.1) is 0 Å². The van der Waals surface area contributed by atoms with Crippen molar-refractivity contribution in [1.29, 1.82) is 0 Å². The second-order valence-electron chi connectivity index (χ2n) is 4.36. The monoisotopic (exact) mass is 351 g/mol. The second-order valence-corrected chi connectivity index (χ2v) is 6.78. The topological polar surface area (TPSA) is 94.9 Å². The molecule has 0 bridgehead atoms. The molecule has 0 radical (unpaired) electrons. The van der Waals surface area contributed by atoms with Gasteiger partial charge in [-0.15, -0.1) is 0 Å². The number of aliphatic carboxylic acids is 1. The maximum absolute atomic E-state index is 11.3. The molecule has 0 atom stereocenters. The van der Waals surface area contributed by atoms with E-state index in [0.29, 0.717) is 5.02 Å². The number of nitrogens with zero attached hydrogens (tertiary/aromatic N) is 1. The van der Waals surface area contributed by atoms with Crippen LogP contribution in [0.4, 0.5) is 0 Å². The lowest BCUT2D eigenvalue weighted by atomic mass is 10.4. The minimum absolute atomic E-state index is 0.0377. The fourth-order valence-electron chi connectivity index (χ4n) is 1.57. The van der Waals surface area contributed by atoms with Crippen LogP contribution in [-0.2, 0) is 14.6 Å². The third kappa shape index (κ3) is 8.33. The van der Waals surface area contributed by atoms with Gasteiger partial charge in [-0.1, -0.05) is 25.4 Å². The molecule has 0 saturated heterocycles. The standard InChI is InChI=1S/C8H7ClO4S.C6H15NO/c9-6-1-3-7(4-2-6)14(12,13)5-8(10)11;1-3-7(4-2)5-6-8/h1-4H,5H2,(H,10,11);8H,3-6H2,1-2H3. The van der Waals surface area contributed by atoms with E-state index in [9.17, 15) is 13.2 Å². The van der Waals surface area contributed by atoms with Gasteiger partial charge in [0.1, 0.15) is 0 Å². The van der Waals surface area contributed by atoms with Gasteiger partial charge in [-0.2, -0.15) is 0 Å². The number of benzene rings is 1. The van der Waals surface area contributed by atoms with Crippen LogP contribution in [-0.4, -0.2) is 61.5 Å². The van der Waals surface area contributed by atoms with Crippen molar-refractivity contribution >= 4 is 27.4 Å². The fourth-order valence-corrected chi connectivity index (χ4v) is 2.74. The summed E-state index contributed by atoms with van der Waals surface area (Å²) in [5.41, 5.74) is 0. The van der Waals surface area contributed by atoms with Crippen LogP contribution in [0.3, 0.4) is 0 Å². The lowest BCUT2D eigenvalue weighted by Crippen LogP contribution is -2.25. The van der Waals surface area contributed by atoms with Crippen molar-refractivity contribution in [2.75, 3.05) is 32.0 Å². The molecule has 1 rings (SSSR count). The smallest absolute Gasteiger partial charge is 0.319 e. The summed E-state index contributed by atoms with van der Waals surface area (Å²) >= 11 is 5.56. The van der Waals surface area contributed by atoms with E-state index in [1.165, 1.54) is 24.3 Å². The van der Waals surface area contributed by atoms with Crippen molar-refractivity contribution in [3.05, 3.63) is 29.3 Å². The number of carboxylic acids is 1. The number of carboxylic acid groups (broad SMARTS) is 1. The zero-order chi connectivity index (χ0) is 17.2. The first kappa shape index (κ1) is 20.9. The molecule has 0 unspecified atom stereocenters. The Hall–Kier alpha value is -1.15. The number of rotatable bonds is 7. The molecular formula is C14H22ClNO5S. The Morgan fingerprint density at radius 3 is 2.00 bits per heavy atom. The van der Waals surface area contributed by atoms with Gasteiger partial charge in [0.05, 0.1) is 11.5 Å². The van der Waals surface area contributed by atoms with E-state index in [1.54, 1.807) is 0 Å². The molecule has 0 fully saturated rings. The van der Waals surface area contributed by atoms with Gasteiger partial charge in [0.25, 0.3) is 0 Å². The molecule has 0 aromatic heterocycles. The first-order valence-electron chi connectivity index (χ1n) is 6.80. The summed E-state index contributed by atoms with van der Waals surface area (Å²) in [6.07, 6.45) is 0. The van der Waals surface area contributed by atoms with Crippen LogP contribution in [0.15, 0.2) is 29.2 Å². The molecule has 22 heavy (non-hydrogen) atoms. The van der Waals surface area contributed by atoms with Crippen molar-refractivity contribution in [3.63, 3.8) is 0 Å². The summed E-state index contributed by atoms with van der Waals surface area (Å²) in [5, 5.41) is 17.2. The number of halogens is 1. The lowest BCUT2D eigenvalue weighted by molar-refractivity contribution is -0.134. The number of aliphatic hydroxyl groups is 1. The highest BCUT2D eigenvalue weighted by Gasteiger charge is 2.18. The van der Waals surface area contributed by atoms with Gasteiger partial charge < -0.3 is 15.1 Å². The average Bonchev–Trinajstić information content (AvgIpc) is 2.44. The first-order chi connectivity index (χ1) is 10.3. The summed E-state index contributed by atoms with van der Waals surface area (Å²) in [4.78, 5) is 12.4. The molecule has 0 aliphatic carbocycles. The van der Waals surface area contributed by atoms with Gasteiger partial charge in [0.15, 0.2) is 15.6 Å². The Bertz CT molecular complexity index is 541. The fraction of sp³-hybridized carbons (Fsp3) is 0.500. The zero-order valence-electron chi connectivity index (χ0n) is 12.7. The largest absolute Gasteiger partial charge is 0.480 e.